The lowest BCUT2D eigenvalue weighted by Crippen LogP contribution is -2.49. The highest BCUT2D eigenvalue weighted by molar-refractivity contribution is 7.89. The van der Waals surface area contributed by atoms with E-state index < -0.39 is 10.0 Å². The molecule has 0 radical (unpaired) electrons. The van der Waals surface area contributed by atoms with Crippen molar-refractivity contribution in [3.8, 4) is 0 Å². The molecule has 21 heavy (non-hydrogen) atoms. The Morgan fingerprint density at radius 1 is 1.05 bits per heavy atom. The van der Waals surface area contributed by atoms with Gasteiger partial charge in [-0.25, -0.2) is 8.42 Å². The fourth-order valence-electron chi connectivity index (χ4n) is 2.60. The Kier molecular flexibility index (Phi) is 5.27. The summed E-state index contributed by atoms with van der Waals surface area (Å²) in [6.45, 7) is 8.98. The van der Waals surface area contributed by atoms with Gasteiger partial charge < -0.3 is 4.90 Å². The molecule has 1 saturated heterocycles. The Balaban J connectivity index is 1.98. The van der Waals surface area contributed by atoms with Crippen molar-refractivity contribution in [1.29, 1.82) is 0 Å². The number of anilines is 1. The van der Waals surface area contributed by atoms with Gasteiger partial charge in [-0.1, -0.05) is 19.4 Å². The van der Waals surface area contributed by atoms with Crippen LogP contribution < -0.4 is 4.90 Å². The molecule has 0 aliphatic carbocycles. The van der Waals surface area contributed by atoms with Gasteiger partial charge in [-0.3, -0.25) is 0 Å². The lowest BCUT2D eigenvalue weighted by atomic mass is 10.1. The predicted octanol–water partition coefficient (Wildman–Crippen LogP) is 2.56. The van der Waals surface area contributed by atoms with Gasteiger partial charge in [0.2, 0.25) is 10.0 Å². The molecule has 0 atom stereocenters. The van der Waals surface area contributed by atoms with Crippen LogP contribution in [0.3, 0.4) is 0 Å². The van der Waals surface area contributed by atoms with Crippen LogP contribution in [0.2, 0.25) is 0 Å². The lowest BCUT2D eigenvalue weighted by molar-refractivity contribution is 0.384. The number of sulfonamides is 1. The summed E-state index contributed by atoms with van der Waals surface area (Å²) in [7, 11) is -3.06. The molecule has 0 N–H and O–H groups in total. The smallest absolute Gasteiger partial charge is 0.214 e. The van der Waals surface area contributed by atoms with Crippen molar-refractivity contribution < 1.29 is 8.42 Å². The lowest BCUT2D eigenvalue weighted by Gasteiger charge is -2.35. The third kappa shape index (κ3) is 3.98. The summed E-state index contributed by atoms with van der Waals surface area (Å²) in [6, 6.07) is 6.45. The van der Waals surface area contributed by atoms with E-state index in [2.05, 4.69) is 36.9 Å². The van der Waals surface area contributed by atoms with Gasteiger partial charge in [0.1, 0.15) is 0 Å². The van der Waals surface area contributed by atoms with E-state index in [0.29, 0.717) is 13.1 Å². The molecule has 118 valence electrons. The number of aryl methyl sites for hydroxylation is 2. The molecule has 1 aromatic rings. The van der Waals surface area contributed by atoms with Crippen molar-refractivity contribution in [2.75, 3.05) is 36.8 Å². The van der Waals surface area contributed by atoms with Gasteiger partial charge in [-0.05, 0) is 43.5 Å². The van der Waals surface area contributed by atoms with E-state index in [1.165, 1.54) is 16.8 Å². The maximum absolute atomic E-state index is 12.2. The molecule has 0 amide bonds. The number of nitrogens with zero attached hydrogens (tertiary/aromatic N) is 2. The zero-order valence-corrected chi connectivity index (χ0v) is 14.1. The first-order chi connectivity index (χ1) is 9.94. The highest BCUT2D eigenvalue weighted by atomic mass is 32.2. The van der Waals surface area contributed by atoms with Crippen LogP contribution in [0.15, 0.2) is 18.2 Å². The maximum Gasteiger partial charge on any atom is 0.214 e. The molecule has 0 aromatic heterocycles. The maximum atomic E-state index is 12.2. The monoisotopic (exact) mass is 310 g/mol. The second-order valence-corrected chi connectivity index (χ2v) is 7.91. The largest absolute Gasteiger partial charge is 0.369 e. The van der Waals surface area contributed by atoms with Crippen molar-refractivity contribution in [1.82, 2.24) is 4.31 Å². The molecule has 0 spiro atoms. The van der Waals surface area contributed by atoms with Crippen molar-refractivity contribution in [3.05, 3.63) is 29.3 Å². The molecule has 1 aliphatic heterocycles. The topological polar surface area (TPSA) is 40.6 Å². The molecule has 4 nitrogen and oxygen atoms in total. The minimum atomic E-state index is -3.06. The Labute approximate surface area is 128 Å². The third-order valence-electron chi connectivity index (χ3n) is 4.24. The van der Waals surface area contributed by atoms with E-state index in [1.54, 1.807) is 4.31 Å². The summed E-state index contributed by atoms with van der Waals surface area (Å²) in [5.41, 5.74) is 3.77. The first-order valence-electron chi connectivity index (χ1n) is 7.74. The molecule has 0 saturated carbocycles. The van der Waals surface area contributed by atoms with Gasteiger partial charge in [0.15, 0.2) is 0 Å². The van der Waals surface area contributed by atoms with Crippen LogP contribution in [0.1, 0.15) is 30.9 Å². The molecule has 0 bridgehead atoms. The fourth-order valence-corrected chi connectivity index (χ4v) is 4.23. The van der Waals surface area contributed by atoms with Crippen LogP contribution in [-0.2, 0) is 10.0 Å². The van der Waals surface area contributed by atoms with Gasteiger partial charge in [-0.2, -0.15) is 4.31 Å². The highest BCUT2D eigenvalue weighted by Gasteiger charge is 2.26. The van der Waals surface area contributed by atoms with Crippen LogP contribution in [0, 0.1) is 13.8 Å². The fraction of sp³-hybridized carbons (Fsp3) is 0.625. The molecular formula is C16H26N2O2S. The first-order valence-corrected chi connectivity index (χ1v) is 9.35. The number of rotatable bonds is 5. The summed E-state index contributed by atoms with van der Waals surface area (Å²) in [4.78, 5) is 2.28. The van der Waals surface area contributed by atoms with Gasteiger partial charge in [0.05, 0.1) is 5.75 Å². The van der Waals surface area contributed by atoms with E-state index in [0.717, 1.165) is 25.9 Å². The summed E-state index contributed by atoms with van der Waals surface area (Å²) >= 11 is 0. The third-order valence-corrected chi connectivity index (χ3v) is 6.20. The van der Waals surface area contributed by atoms with E-state index in [1.807, 2.05) is 6.92 Å². The Morgan fingerprint density at radius 3 is 2.29 bits per heavy atom. The van der Waals surface area contributed by atoms with Crippen molar-refractivity contribution in [2.24, 2.45) is 0 Å². The number of unbranched alkanes of at least 4 members (excludes halogenated alkanes) is 1. The standard InChI is InChI=1S/C16H26N2O2S/c1-4-5-12-21(19,20)18-10-8-17(9-11-18)16-7-6-14(2)15(3)13-16/h6-7,13H,4-5,8-12H2,1-3H3. The Bertz CT molecular complexity index is 576. The van der Waals surface area contributed by atoms with Gasteiger partial charge in [-0.15, -0.1) is 0 Å². The van der Waals surface area contributed by atoms with Crippen molar-refractivity contribution in [2.45, 2.75) is 33.6 Å². The highest BCUT2D eigenvalue weighted by Crippen LogP contribution is 2.21. The second-order valence-electron chi connectivity index (χ2n) is 5.82. The van der Waals surface area contributed by atoms with E-state index in [4.69, 9.17) is 0 Å². The van der Waals surface area contributed by atoms with E-state index in [-0.39, 0.29) is 5.75 Å². The van der Waals surface area contributed by atoms with Crippen LogP contribution in [0.4, 0.5) is 5.69 Å². The van der Waals surface area contributed by atoms with Crippen molar-refractivity contribution >= 4 is 15.7 Å². The minimum absolute atomic E-state index is 0.285. The number of piperazine rings is 1. The van der Waals surface area contributed by atoms with Crippen molar-refractivity contribution in [3.63, 3.8) is 0 Å². The van der Waals surface area contributed by atoms with Crippen LogP contribution in [-0.4, -0.2) is 44.7 Å². The molecule has 1 aliphatic rings. The average molecular weight is 310 g/mol. The number of benzene rings is 1. The summed E-state index contributed by atoms with van der Waals surface area (Å²) in [5.74, 6) is 0.285. The summed E-state index contributed by atoms with van der Waals surface area (Å²) in [6.07, 6.45) is 1.67. The minimum Gasteiger partial charge on any atom is -0.369 e. The van der Waals surface area contributed by atoms with E-state index in [9.17, 15) is 8.42 Å². The molecule has 1 heterocycles. The number of hydrogen-bond acceptors (Lipinski definition) is 3. The zero-order valence-electron chi connectivity index (χ0n) is 13.3. The molecule has 2 rings (SSSR count). The molecule has 0 unspecified atom stereocenters. The van der Waals surface area contributed by atoms with Gasteiger partial charge >= 0.3 is 0 Å². The quantitative estimate of drug-likeness (QED) is 0.839. The van der Waals surface area contributed by atoms with Crippen LogP contribution in [0.25, 0.3) is 0 Å². The van der Waals surface area contributed by atoms with E-state index >= 15 is 0 Å². The Hall–Kier alpha value is -1.07. The Morgan fingerprint density at radius 2 is 1.71 bits per heavy atom. The van der Waals surface area contributed by atoms with Crippen LogP contribution >= 0.6 is 0 Å². The summed E-state index contributed by atoms with van der Waals surface area (Å²) < 4.78 is 26.0. The first kappa shape index (κ1) is 16.3. The van der Waals surface area contributed by atoms with Gasteiger partial charge in [0, 0.05) is 31.9 Å². The molecule has 5 heteroatoms. The SMILES string of the molecule is CCCCS(=O)(=O)N1CCN(c2ccc(C)c(C)c2)CC1. The summed E-state index contributed by atoms with van der Waals surface area (Å²) in [5, 5.41) is 0. The molecule has 1 aromatic carbocycles. The average Bonchev–Trinajstić information content (AvgIpc) is 2.48. The van der Waals surface area contributed by atoms with Gasteiger partial charge in [0.25, 0.3) is 0 Å². The van der Waals surface area contributed by atoms with Crippen LogP contribution in [0.5, 0.6) is 0 Å². The zero-order chi connectivity index (χ0) is 15.5. The molecular weight excluding hydrogens is 284 g/mol. The molecule has 1 fully saturated rings. The second kappa shape index (κ2) is 6.79. The number of hydrogen-bond donors (Lipinski definition) is 0. The predicted molar refractivity (Wildman–Crippen MR) is 88.4 cm³/mol. The normalized spacial score (nSPS) is 17.2.